The average Bonchev–Trinajstić information content (AvgIpc) is 3.00. The summed E-state index contributed by atoms with van der Waals surface area (Å²) in [6, 6.07) is 7.92. The summed E-state index contributed by atoms with van der Waals surface area (Å²) in [6.07, 6.45) is 1.48. The Hall–Kier alpha value is -2.83. The third-order valence-electron chi connectivity index (χ3n) is 3.41. The SMILES string of the molecule is Cc1cc(NCCCc2nc(-c3ccc(F)cc3)no2)nc(C)n1. The van der Waals surface area contributed by atoms with Crippen LogP contribution in [0.5, 0.6) is 0 Å². The second kappa shape index (κ2) is 7.16. The van der Waals surface area contributed by atoms with Crippen molar-refractivity contribution < 1.29 is 8.91 Å². The van der Waals surface area contributed by atoms with Crippen LogP contribution in [0, 0.1) is 19.7 Å². The Kier molecular flexibility index (Phi) is 4.79. The zero-order chi connectivity index (χ0) is 16.9. The molecule has 24 heavy (non-hydrogen) atoms. The number of nitrogens with one attached hydrogen (secondary N) is 1. The molecular weight excluding hydrogens is 309 g/mol. The first-order valence-electron chi connectivity index (χ1n) is 7.75. The summed E-state index contributed by atoms with van der Waals surface area (Å²) in [5.41, 5.74) is 1.67. The van der Waals surface area contributed by atoms with Crippen molar-refractivity contribution in [1.29, 1.82) is 0 Å². The van der Waals surface area contributed by atoms with E-state index in [-0.39, 0.29) is 5.82 Å². The van der Waals surface area contributed by atoms with Crippen molar-refractivity contribution >= 4 is 5.82 Å². The Balaban J connectivity index is 1.51. The van der Waals surface area contributed by atoms with Crippen LogP contribution in [0.4, 0.5) is 10.2 Å². The minimum atomic E-state index is -0.288. The normalized spacial score (nSPS) is 10.8. The molecule has 1 N–H and O–H groups in total. The molecule has 0 amide bonds. The summed E-state index contributed by atoms with van der Waals surface area (Å²) in [6.45, 7) is 4.55. The standard InChI is InChI=1S/C17H18FN5O/c1-11-10-15(21-12(2)20-11)19-9-3-4-16-22-17(23-24-16)13-5-7-14(18)8-6-13/h5-8,10H,3-4,9H2,1-2H3,(H,19,20,21). The Morgan fingerprint density at radius 1 is 1.08 bits per heavy atom. The van der Waals surface area contributed by atoms with Crippen LogP contribution in [0.15, 0.2) is 34.9 Å². The van der Waals surface area contributed by atoms with Crippen LogP contribution < -0.4 is 5.32 Å². The smallest absolute Gasteiger partial charge is 0.227 e. The molecule has 0 aliphatic rings. The van der Waals surface area contributed by atoms with Gasteiger partial charge in [0, 0.05) is 30.3 Å². The van der Waals surface area contributed by atoms with Crippen molar-refractivity contribution in [3.63, 3.8) is 0 Å². The highest BCUT2D eigenvalue weighted by atomic mass is 19.1. The largest absolute Gasteiger partial charge is 0.370 e. The molecule has 0 aliphatic heterocycles. The van der Waals surface area contributed by atoms with E-state index in [4.69, 9.17) is 4.52 Å². The number of benzene rings is 1. The van der Waals surface area contributed by atoms with E-state index < -0.39 is 0 Å². The molecule has 0 atom stereocenters. The van der Waals surface area contributed by atoms with Crippen molar-refractivity contribution in [2.45, 2.75) is 26.7 Å². The Morgan fingerprint density at radius 3 is 2.62 bits per heavy atom. The van der Waals surface area contributed by atoms with Gasteiger partial charge in [-0.2, -0.15) is 4.98 Å². The highest BCUT2D eigenvalue weighted by Gasteiger charge is 2.08. The fourth-order valence-corrected chi connectivity index (χ4v) is 2.34. The maximum absolute atomic E-state index is 12.9. The van der Waals surface area contributed by atoms with Crippen molar-refractivity contribution in [1.82, 2.24) is 20.1 Å². The maximum atomic E-state index is 12.9. The van der Waals surface area contributed by atoms with Gasteiger partial charge in [-0.3, -0.25) is 0 Å². The van der Waals surface area contributed by atoms with E-state index in [1.807, 2.05) is 19.9 Å². The second-order valence-corrected chi connectivity index (χ2v) is 5.49. The molecule has 0 radical (unpaired) electrons. The molecule has 0 saturated heterocycles. The molecule has 0 saturated carbocycles. The second-order valence-electron chi connectivity index (χ2n) is 5.49. The van der Waals surface area contributed by atoms with Crippen LogP contribution in [0.2, 0.25) is 0 Å². The van der Waals surface area contributed by atoms with Gasteiger partial charge in [0.05, 0.1) is 0 Å². The van der Waals surface area contributed by atoms with E-state index in [0.717, 1.165) is 35.9 Å². The lowest BCUT2D eigenvalue weighted by molar-refractivity contribution is 0.377. The van der Waals surface area contributed by atoms with Gasteiger partial charge in [0.1, 0.15) is 17.5 Å². The van der Waals surface area contributed by atoms with Crippen LogP contribution in [-0.4, -0.2) is 26.7 Å². The predicted octanol–water partition coefficient (Wildman–Crippen LogP) is 3.33. The molecular formula is C17H18FN5O. The van der Waals surface area contributed by atoms with Gasteiger partial charge in [0.15, 0.2) is 0 Å². The lowest BCUT2D eigenvalue weighted by atomic mass is 10.2. The van der Waals surface area contributed by atoms with Gasteiger partial charge in [-0.15, -0.1) is 0 Å². The van der Waals surface area contributed by atoms with Gasteiger partial charge in [-0.25, -0.2) is 14.4 Å². The van der Waals surface area contributed by atoms with Crippen LogP contribution in [0.1, 0.15) is 23.8 Å². The number of halogens is 1. The Labute approximate surface area is 139 Å². The molecule has 2 heterocycles. The highest BCUT2D eigenvalue weighted by Crippen LogP contribution is 2.16. The van der Waals surface area contributed by atoms with E-state index in [9.17, 15) is 4.39 Å². The van der Waals surface area contributed by atoms with Crippen LogP contribution in [0.25, 0.3) is 11.4 Å². The fraction of sp³-hybridized carbons (Fsp3) is 0.294. The molecule has 1 aromatic carbocycles. The minimum Gasteiger partial charge on any atom is -0.370 e. The van der Waals surface area contributed by atoms with E-state index in [0.29, 0.717) is 18.1 Å². The molecule has 3 rings (SSSR count). The van der Waals surface area contributed by atoms with Crippen molar-refractivity contribution in [3.05, 3.63) is 53.6 Å². The number of anilines is 1. The molecule has 0 fully saturated rings. The first kappa shape index (κ1) is 16.0. The van der Waals surface area contributed by atoms with Gasteiger partial charge in [-0.1, -0.05) is 5.16 Å². The van der Waals surface area contributed by atoms with Crippen molar-refractivity contribution in [2.75, 3.05) is 11.9 Å². The lowest BCUT2D eigenvalue weighted by Gasteiger charge is -2.05. The van der Waals surface area contributed by atoms with Crippen LogP contribution in [0.3, 0.4) is 0 Å². The Bertz CT molecular complexity index is 796. The summed E-state index contributed by atoms with van der Waals surface area (Å²) in [5.74, 6) is 2.31. The maximum Gasteiger partial charge on any atom is 0.227 e. The van der Waals surface area contributed by atoms with Gasteiger partial charge < -0.3 is 9.84 Å². The summed E-state index contributed by atoms with van der Waals surface area (Å²) < 4.78 is 18.2. The van der Waals surface area contributed by atoms with E-state index >= 15 is 0 Å². The van der Waals surface area contributed by atoms with E-state index in [1.165, 1.54) is 12.1 Å². The number of nitrogens with zero attached hydrogens (tertiary/aromatic N) is 4. The number of aryl methyl sites for hydroxylation is 3. The zero-order valence-electron chi connectivity index (χ0n) is 13.6. The number of hydrogen-bond donors (Lipinski definition) is 1. The quantitative estimate of drug-likeness (QED) is 0.700. The van der Waals surface area contributed by atoms with Gasteiger partial charge >= 0.3 is 0 Å². The van der Waals surface area contributed by atoms with Crippen LogP contribution >= 0.6 is 0 Å². The van der Waals surface area contributed by atoms with Crippen LogP contribution in [-0.2, 0) is 6.42 Å². The van der Waals surface area contributed by atoms with Gasteiger partial charge in [0.2, 0.25) is 11.7 Å². The molecule has 3 aromatic rings. The van der Waals surface area contributed by atoms with Gasteiger partial charge in [-0.05, 0) is 44.5 Å². The molecule has 0 unspecified atom stereocenters. The van der Waals surface area contributed by atoms with Crippen molar-refractivity contribution in [2.24, 2.45) is 0 Å². The minimum absolute atomic E-state index is 0.288. The highest BCUT2D eigenvalue weighted by molar-refractivity contribution is 5.53. The first-order chi connectivity index (χ1) is 11.6. The number of hydrogen-bond acceptors (Lipinski definition) is 6. The molecule has 124 valence electrons. The molecule has 2 aromatic heterocycles. The lowest BCUT2D eigenvalue weighted by Crippen LogP contribution is -2.06. The summed E-state index contributed by atoms with van der Waals surface area (Å²) >= 11 is 0. The summed E-state index contributed by atoms with van der Waals surface area (Å²) in [5, 5.41) is 7.19. The molecule has 0 spiro atoms. The van der Waals surface area contributed by atoms with Gasteiger partial charge in [0.25, 0.3) is 0 Å². The third kappa shape index (κ3) is 4.13. The average molecular weight is 327 g/mol. The van der Waals surface area contributed by atoms with E-state index in [1.54, 1.807) is 12.1 Å². The zero-order valence-corrected chi connectivity index (χ0v) is 13.6. The number of rotatable bonds is 6. The topological polar surface area (TPSA) is 76.7 Å². The third-order valence-corrected chi connectivity index (χ3v) is 3.41. The first-order valence-corrected chi connectivity index (χ1v) is 7.75. The number of aromatic nitrogens is 4. The van der Waals surface area contributed by atoms with Crippen molar-refractivity contribution in [3.8, 4) is 11.4 Å². The summed E-state index contributed by atoms with van der Waals surface area (Å²) in [7, 11) is 0. The molecule has 6 nitrogen and oxygen atoms in total. The fourth-order valence-electron chi connectivity index (χ4n) is 2.34. The van der Waals surface area contributed by atoms with E-state index in [2.05, 4.69) is 25.4 Å². The molecule has 7 heteroatoms. The summed E-state index contributed by atoms with van der Waals surface area (Å²) in [4.78, 5) is 12.9. The molecule has 0 bridgehead atoms. The predicted molar refractivity (Wildman–Crippen MR) is 88.0 cm³/mol. The monoisotopic (exact) mass is 327 g/mol. The molecule has 0 aliphatic carbocycles. The Morgan fingerprint density at radius 2 is 1.88 bits per heavy atom.